The lowest BCUT2D eigenvalue weighted by Crippen LogP contribution is -2.36. The van der Waals surface area contributed by atoms with Crippen LogP contribution in [0.4, 0.5) is 5.82 Å². The number of hydrogen-bond acceptors (Lipinski definition) is 2. The molecule has 0 aliphatic heterocycles. The molecule has 2 rings (SSSR count). The lowest BCUT2D eigenvalue weighted by atomic mass is 10.1. The molecule has 3 heteroatoms. The molecule has 0 bridgehead atoms. The molecule has 1 heterocycles. The standard InChI is InChI=1S/C16H21ClN2/c1-3-14(4-2)19(12-10-17)16-15-8-6-5-7-13(15)9-11-18-16/h5-9,11,14H,3-4,10,12H2,1-2H3. The second-order valence-electron chi connectivity index (χ2n) is 4.71. The molecule has 2 nitrogen and oxygen atoms in total. The van der Waals surface area contributed by atoms with Crippen molar-refractivity contribution in [1.82, 2.24) is 4.98 Å². The maximum Gasteiger partial charge on any atom is 0.136 e. The first-order chi connectivity index (χ1) is 9.31. The van der Waals surface area contributed by atoms with Gasteiger partial charge >= 0.3 is 0 Å². The summed E-state index contributed by atoms with van der Waals surface area (Å²) in [5.41, 5.74) is 0. The number of pyridine rings is 1. The number of aromatic nitrogens is 1. The number of rotatable bonds is 6. The Labute approximate surface area is 120 Å². The van der Waals surface area contributed by atoms with Crippen LogP contribution >= 0.6 is 11.6 Å². The van der Waals surface area contributed by atoms with E-state index in [2.05, 4.69) is 54.1 Å². The van der Waals surface area contributed by atoms with Gasteiger partial charge in [-0.2, -0.15) is 0 Å². The van der Waals surface area contributed by atoms with Crippen molar-refractivity contribution in [2.75, 3.05) is 17.3 Å². The van der Waals surface area contributed by atoms with E-state index in [0.29, 0.717) is 11.9 Å². The second-order valence-corrected chi connectivity index (χ2v) is 5.09. The van der Waals surface area contributed by atoms with Crippen LogP contribution in [0.15, 0.2) is 36.5 Å². The van der Waals surface area contributed by atoms with Crippen LogP contribution in [0, 0.1) is 0 Å². The van der Waals surface area contributed by atoms with Crippen molar-refractivity contribution in [3.63, 3.8) is 0 Å². The lowest BCUT2D eigenvalue weighted by molar-refractivity contribution is 0.564. The van der Waals surface area contributed by atoms with Gasteiger partial charge in [-0.25, -0.2) is 4.98 Å². The van der Waals surface area contributed by atoms with E-state index in [0.717, 1.165) is 25.2 Å². The van der Waals surface area contributed by atoms with Crippen LogP contribution in [-0.2, 0) is 0 Å². The van der Waals surface area contributed by atoms with Crippen molar-refractivity contribution >= 4 is 28.2 Å². The Hall–Kier alpha value is -1.28. The van der Waals surface area contributed by atoms with E-state index in [1.165, 1.54) is 10.8 Å². The van der Waals surface area contributed by atoms with Crippen molar-refractivity contribution in [2.45, 2.75) is 32.7 Å². The Morgan fingerprint density at radius 1 is 1.16 bits per heavy atom. The normalized spacial score (nSPS) is 11.2. The van der Waals surface area contributed by atoms with Crippen LogP contribution in [0.25, 0.3) is 10.8 Å². The molecular weight excluding hydrogens is 256 g/mol. The SMILES string of the molecule is CCC(CC)N(CCCl)c1nccc2ccccc12. The molecule has 0 saturated carbocycles. The summed E-state index contributed by atoms with van der Waals surface area (Å²) in [5, 5.41) is 2.44. The largest absolute Gasteiger partial charge is 0.352 e. The molecule has 0 spiro atoms. The first kappa shape index (κ1) is 14.1. The van der Waals surface area contributed by atoms with Gasteiger partial charge in [-0.05, 0) is 24.3 Å². The highest BCUT2D eigenvalue weighted by atomic mass is 35.5. The van der Waals surface area contributed by atoms with E-state index in [1.54, 1.807) is 0 Å². The summed E-state index contributed by atoms with van der Waals surface area (Å²) in [7, 11) is 0. The average molecular weight is 277 g/mol. The highest BCUT2D eigenvalue weighted by Gasteiger charge is 2.18. The highest BCUT2D eigenvalue weighted by molar-refractivity contribution is 6.18. The van der Waals surface area contributed by atoms with Crippen LogP contribution in [0.2, 0.25) is 0 Å². The summed E-state index contributed by atoms with van der Waals surface area (Å²) in [6, 6.07) is 11.0. The number of benzene rings is 1. The molecule has 0 unspecified atom stereocenters. The molecule has 0 N–H and O–H groups in total. The number of alkyl halides is 1. The molecule has 0 amide bonds. The summed E-state index contributed by atoms with van der Waals surface area (Å²) >= 11 is 5.99. The van der Waals surface area contributed by atoms with Gasteiger partial charge in [0, 0.05) is 30.0 Å². The van der Waals surface area contributed by atoms with Gasteiger partial charge in [-0.1, -0.05) is 38.1 Å². The van der Waals surface area contributed by atoms with Crippen LogP contribution in [0.5, 0.6) is 0 Å². The van der Waals surface area contributed by atoms with E-state index in [1.807, 2.05) is 6.20 Å². The van der Waals surface area contributed by atoms with E-state index in [4.69, 9.17) is 11.6 Å². The van der Waals surface area contributed by atoms with Crippen LogP contribution in [0.1, 0.15) is 26.7 Å². The molecular formula is C16H21ClN2. The molecule has 1 aromatic heterocycles. The number of halogens is 1. The third-order valence-electron chi connectivity index (χ3n) is 3.63. The molecule has 19 heavy (non-hydrogen) atoms. The van der Waals surface area contributed by atoms with E-state index in [9.17, 15) is 0 Å². The first-order valence-electron chi connectivity index (χ1n) is 6.98. The average Bonchev–Trinajstić information content (AvgIpc) is 2.47. The third-order valence-corrected chi connectivity index (χ3v) is 3.80. The van der Waals surface area contributed by atoms with Crippen molar-refractivity contribution < 1.29 is 0 Å². The summed E-state index contributed by atoms with van der Waals surface area (Å²) in [6.45, 7) is 5.29. The van der Waals surface area contributed by atoms with Gasteiger partial charge in [0.05, 0.1) is 0 Å². The van der Waals surface area contributed by atoms with Crippen LogP contribution < -0.4 is 4.90 Å². The van der Waals surface area contributed by atoms with Crippen molar-refractivity contribution in [3.8, 4) is 0 Å². The molecule has 1 aromatic carbocycles. The van der Waals surface area contributed by atoms with Gasteiger partial charge in [-0.15, -0.1) is 11.6 Å². The molecule has 102 valence electrons. The Morgan fingerprint density at radius 2 is 1.89 bits per heavy atom. The number of hydrogen-bond donors (Lipinski definition) is 0. The predicted molar refractivity (Wildman–Crippen MR) is 84.2 cm³/mol. The zero-order valence-corrected chi connectivity index (χ0v) is 12.4. The van der Waals surface area contributed by atoms with Gasteiger partial charge < -0.3 is 4.90 Å². The molecule has 2 aromatic rings. The Kier molecular flexibility index (Phi) is 5.03. The van der Waals surface area contributed by atoms with E-state index < -0.39 is 0 Å². The number of anilines is 1. The maximum atomic E-state index is 5.99. The fraction of sp³-hybridized carbons (Fsp3) is 0.438. The van der Waals surface area contributed by atoms with Crippen molar-refractivity contribution in [2.24, 2.45) is 0 Å². The Morgan fingerprint density at radius 3 is 2.58 bits per heavy atom. The smallest absolute Gasteiger partial charge is 0.136 e. The predicted octanol–water partition coefficient (Wildman–Crippen LogP) is 4.47. The fourth-order valence-electron chi connectivity index (χ4n) is 2.61. The molecule has 0 aliphatic carbocycles. The minimum atomic E-state index is 0.497. The monoisotopic (exact) mass is 276 g/mol. The van der Waals surface area contributed by atoms with Crippen LogP contribution in [-0.4, -0.2) is 23.5 Å². The molecule has 0 saturated heterocycles. The van der Waals surface area contributed by atoms with E-state index in [-0.39, 0.29) is 0 Å². The van der Waals surface area contributed by atoms with E-state index >= 15 is 0 Å². The Balaban J connectivity index is 2.49. The molecule has 0 fully saturated rings. The highest BCUT2D eigenvalue weighted by Crippen LogP contribution is 2.27. The van der Waals surface area contributed by atoms with Crippen LogP contribution in [0.3, 0.4) is 0 Å². The molecule has 0 radical (unpaired) electrons. The number of nitrogens with zero attached hydrogens (tertiary/aromatic N) is 2. The Bertz CT molecular complexity index is 518. The summed E-state index contributed by atoms with van der Waals surface area (Å²) < 4.78 is 0. The zero-order valence-electron chi connectivity index (χ0n) is 11.6. The summed E-state index contributed by atoms with van der Waals surface area (Å²) in [5.74, 6) is 1.69. The topological polar surface area (TPSA) is 16.1 Å². The zero-order chi connectivity index (χ0) is 13.7. The second kappa shape index (κ2) is 6.76. The summed E-state index contributed by atoms with van der Waals surface area (Å²) in [6.07, 6.45) is 4.11. The first-order valence-corrected chi connectivity index (χ1v) is 7.51. The van der Waals surface area contributed by atoms with Gasteiger partial charge in [0.1, 0.15) is 5.82 Å². The minimum absolute atomic E-state index is 0.497. The summed E-state index contributed by atoms with van der Waals surface area (Å²) in [4.78, 5) is 6.97. The van der Waals surface area contributed by atoms with Gasteiger partial charge in [0.15, 0.2) is 0 Å². The maximum absolute atomic E-state index is 5.99. The quantitative estimate of drug-likeness (QED) is 0.724. The van der Waals surface area contributed by atoms with Gasteiger partial charge in [-0.3, -0.25) is 0 Å². The van der Waals surface area contributed by atoms with Crippen molar-refractivity contribution in [1.29, 1.82) is 0 Å². The van der Waals surface area contributed by atoms with Gasteiger partial charge in [0.2, 0.25) is 0 Å². The minimum Gasteiger partial charge on any atom is -0.352 e. The third kappa shape index (κ3) is 3.01. The van der Waals surface area contributed by atoms with Crippen molar-refractivity contribution in [3.05, 3.63) is 36.5 Å². The number of fused-ring (bicyclic) bond motifs is 1. The fourth-order valence-corrected chi connectivity index (χ4v) is 2.80. The lowest BCUT2D eigenvalue weighted by Gasteiger charge is -2.31. The molecule has 0 atom stereocenters. The van der Waals surface area contributed by atoms with Gasteiger partial charge in [0.25, 0.3) is 0 Å². The molecule has 0 aliphatic rings.